The van der Waals surface area contributed by atoms with Crippen LogP contribution < -0.4 is 16.4 Å². The van der Waals surface area contributed by atoms with Crippen molar-refractivity contribution in [3.05, 3.63) is 28.8 Å². The van der Waals surface area contributed by atoms with Crippen LogP contribution in [0.2, 0.25) is 5.02 Å². The fourth-order valence-corrected chi connectivity index (χ4v) is 4.57. The molecule has 4 N–H and O–H groups in total. The molecule has 2 saturated carbocycles. The third-order valence-electron chi connectivity index (χ3n) is 5.69. The van der Waals surface area contributed by atoms with E-state index in [4.69, 9.17) is 17.3 Å². The van der Waals surface area contributed by atoms with Gasteiger partial charge in [-0.3, -0.25) is 9.59 Å². The highest BCUT2D eigenvalue weighted by Gasteiger charge is 2.40. The van der Waals surface area contributed by atoms with E-state index in [9.17, 15) is 9.59 Å². The van der Waals surface area contributed by atoms with Crippen molar-refractivity contribution in [2.75, 3.05) is 5.32 Å². The zero-order chi connectivity index (χ0) is 18.8. The minimum atomic E-state index is -0.213. The Balaban J connectivity index is 0.00000261. The molecule has 5 nitrogen and oxygen atoms in total. The molecule has 0 aliphatic heterocycles. The number of carbonyl (C=O) groups is 2. The van der Waals surface area contributed by atoms with Crippen LogP contribution in [-0.2, 0) is 4.79 Å². The van der Waals surface area contributed by atoms with Gasteiger partial charge < -0.3 is 16.4 Å². The largest absolute Gasteiger partial charge is 0.350 e. The summed E-state index contributed by atoms with van der Waals surface area (Å²) in [6, 6.07) is 5.20. The van der Waals surface area contributed by atoms with E-state index in [1.807, 2.05) is 13.8 Å². The van der Waals surface area contributed by atoms with Crippen molar-refractivity contribution >= 4 is 41.5 Å². The van der Waals surface area contributed by atoms with E-state index < -0.39 is 0 Å². The third kappa shape index (κ3) is 5.15. The molecule has 150 valence electrons. The smallest absolute Gasteiger partial charge is 0.253 e. The third-order valence-corrected chi connectivity index (χ3v) is 5.92. The van der Waals surface area contributed by atoms with Crippen molar-refractivity contribution < 1.29 is 9.59 Å². The lowest BCUT2D eigenvalue weighted by atomic mass is 9.65. The molecule has 3 rings (SSSR count). The van der Waals surface area contributed by atoms with E-state index >= 15 is 0 Å². The summed E-state index contributed by atoms with van der Waals surface area (Å²) >= 11 is 6.09. The van der Waals surface area contributed by atoms with E-state index in [2.05, 4.69) is 10.6 Å². The van der Waals surface area contributed by atoms with Gasteiger partial charge in [0.1, 0.15) is 0 Å². The van der Waals surface area contributed by atoms with E-state index in [1.54, 1.807) is 18.2 Å². The van der Waals surface area contributed by atoms with Gasteiger partial charge >= 0.3 is 0 Å². The molecule has 0 heterocycles. The Bertz CT molecular complexity index is 682. The van der Waals surface area contributed by atoms with Crippen LogP contribution in [0.3, 0.4) is 0 Å². The number of hydrogen-bond acceptors (Lipinski definition) is 3. The number of nitrogens with two attached hydrogens (primary N) is 1. The molecule has 2 atom stereocenters. The molecule has 2 bridgehead atoms. The molecule has 1 aromatic carbocycles. The minimum Gasteiger partial charge on any atom is -0.350 e. The molecule has 2 aliphatic rings. The predicted octanol–water partition coefficient (Wildman–Crippen LogP) is 3.99. The maximum atomic E-state index is 12.9. The van der Waals surface area contributed by atoms with Gasteiger partial charge in [-0.05, 0) is 69.6 Å². The number of nitrogens with one attached hydrogen (secondary N) is 2. The summed E-state index contributed by atoms with van der Waals surface area (Å²) in [5.74, 6) is 0.567. The number of amides is 2. The van der Waals surface area contributed by atoms with Crippen LogP contribution in [0.15, 0.2) is 18.2 Å². The Morgan fingerprint density at radius 3 is 2.41 bits per heavy atom. The van der Waals surface area contributed by atoms with Crippen LogP contribution in [0.4, 0.5) is 5.69 Å². The molecule has 0 aromatic heterocycles. The van der Waals surface area contributed by atoms with Gasteiger partial charge in [-0.15, -0.1) is 12.4 Å². The first kappa shape index (κ1) is 22.0. The molecular formula is C20H29Cl2N3O2. The fourth-order valence-electron chi connectivity index (χ4n) is 4.40. The van der Waals surface area contributed by atoms with Crippen LogP contribution in [0.1, 0.15) is 56.3 Å². The van der Waals surface area contributed by atoms with Crippen molar-refractivity contribution in [3.8, 4) is 0 Å². The zero-order valence-corrected chi connectivity index (χ0v) is 17.4. The van der Waals surface area contributed by atoms with Gasteiger partial charge in [0.15, 0.2) is 0 Å². The quantitative estimate of drug-likeness (QED) is 0.697. The van der Waals surface area contributed by atoms with Gasteiger partial charge in [0.2, 0.25) is 5.91 Å². The fraction of sp³-hybridized carbons (Fsp3) is 0.600. The summed E-state index contributed by atoms with van der Waals surface area (Å²) in [5.41, 5.74) is 7.23. The van der Waals surface area contributed by atoms with E-state index in [-0.39, 0.29) is 42.2 Å². The van der Waals surface area contributed by atoms with Crippen molar-refractivity contribution in [2.24, 2.45) is 23.5 Å². The van der Waals surface area contributed by atoms with Gasteiger partial charge in [-0.25, -0.2) is 0 Å². The van der Waals surface area contributed by atoms with Crippen molar-refractivity contribution in [2.45, 2.75) is 58.0 Å². The van der Waals surface area contributed by atoms with Gasteiger partial charge in [0.25, 0.3) is 5.91 Å². The number of hydrogen-bond donors (Lipinski definition) is 3. The first-order valence-electron chi connectivity index (χ1n) is 9.52. The summed E-state index contributed by atoms with van der Waals surface area (Å²) < 4.78 is 0. The second kappa shape index (κ2) is 9.26. The van der Waals surface area contributed by atoms with E-state index in [0.717, 1.165) is 25.7 Å². The minimum absolute atomic E-state index is 0. The van der Waals surface area contributed by atoms with E-state index in [1.165, 1.54) is 6.42 Å². The van der Waals surface area contributed by atoms with Crippen molar-refractivity contribution in [1.29, 1.82) is 0 Å². The summed E-state index contributed by atoms with van der Waals surface area (Å²) in [5, 5.41) is 6.30. The van der Waals surface area contributed by atoms with Crippen LogP contribution >= 0.6 is 24.0 Å². The normalized spacial score (nSPS) is 26.9. The second-order valence-electron chi connectivity index (χ2n) is 8.00. The first-order chi connectivity index (χ1) is 12.3. The highest BCUT2D eigenvalue weighted by molar-refractivity contribution is 6.31. The molecule has 2 aliphatic carbocycles. The van der Waals surface area contributed by atoms with Gasteiger partial charge in [0, 0.05) is 23.0 Å². The molecule has 1 aromatic rings. The molecule has 2 amide bonds. The standard InChI is InChI=1S/C20H28ClN3O2.ClH/c1-11(2)23-20(26)16-7-6-15(21)10-17(16)24-19(25)14-8-12-4-3-5-13(9-14)18(12)22;/h6-7,10-14,18H,3-5,8-9,22H2,1-2H3,(H,23,26)(H,24,25);1H. The average Bonchev–Trinajstić information content (AvgIpc) is 2.53. The second-order valence-corrected chi connectivity index (χ2v) is 8.44. The highest BCUT2D eigenvalue weighted by Crippen LogP contribution is 2.42. The van der Waals surface area contributed by atoms with Crippen LogP contribution in [0.5, 0.6) is 0 Å². The summed E-state index contributed by atoms with van der Waals surface area (Å²) in [6.07, 6.45) is 5.10. The Labute approximate surface area is 172 Å². The molecule has 2 unspecified atom stereocenters. The van der Waals surface area contributed by atoms with E-state index in [0.29, 0.717) is 28.1 Å². The lowest BCUT2D eigenvalue weighted by molar-refractivity contribution is -0.122. The lowest BCUT2D eigenvalue weighted by Crippen LogP contribution is -2.48. The molecular weight excluding hydrogens is 385 g/mol. The maximum Gasteiger partial charge on any atom is 0.253 e. The summed E-state index contributed by atoms with van der Waals surface area (Å²) in [4.78, 5) is 25.3. The molecule has 2 fully saturated rings. The highest BCUT2D eigenvalue weighted by atomic mass is 35.5. The number of fused-ring (bicyclic) bond motifs is 2. The summed E-state index contributed by atoms with van der Waals surface area (Å²) in [7, 11) is 0. The van der Waals surface area contributed by atoms with Gasteiger partial charge in [-0.1, -0.05) is 18.0 Å². The predicted molar refractivity (Wildman–Crippen MR) is 111 cm³/mol. The Morgan fingerprint density at radius 1 is 1.19 bits per heavy atom. The zero-order valence-electron chi connectivity index (χ0n) is 15.8. The number of halogens is 2. The number of rotatable bonds is 4. The number of carbonyl (C=O) groups excluding carboxylic acids is 2. The molecule has 0 radical (unpaired) electrons. The Morgan fingerprint density at radius 2 is 1.81 bits per heavy atom. The first-order valence-corrected chi connectivity index (χ1v) is 9.89. The van der Waals surface area contributed by atoms with Gasteiger partial charge in [0.05, 0.1) is 11.3 Å². The number of anilines is 1. The molecule has 0 saturated heterocycles. The Kier molecular flexibility index (Phi) is 7.55. The SMILES string of the molecule is CC(C)NC(=O)c1ccc(Cl)cc1NC(=O)C1CC2CCCC(C1)C2N.Cl. The lowest BCUT2D eigenvalue weighted by Gasteiger charge is -2.43. The topological polar surface area (TPSA) is 84.2 Å². The number of benzene rings is 1. The average molecular weight is 414 g/mol. The monoisotopic (exact) mass is 413 g/mol. The summed E-state index contributed by atoms with van der Waals surface area (Å²) in [6.45, 7) is 3.80. The molecule has 27 heavy (non-hydrogen) atoms. The van der Waals surface area contributed by atoms with Crippen LogP contribution in [-0.4, -0.2) is 23.9 Å². The Hall–Kier alpha value is -1.30. The molecule has 0 spiro atoms. The maximum absolute atomic E-state index is 12.9. The van der Waals surface area contributed by atoms with Gasteiger partial charge in [-0.2, -0.15) is 0 Å². The van der Waals surface area contributed by atoms with Crippen molar-refractivity contribution in [1.82, 2.24) is 5.32 Å². The van der Waals surface area contributed by atoms with Crippen molar-refractivity contribution in [3.63, 3.8) is 0 Å². The van der Waals surface area contributed by atoms with Crippen LogP contribution in [0, 0.1) is 17.8 Å². The molecule has 7 heteroatoms. The van der Waals surface area contributed by atoms with Crippen LogP contribution in [0.25, 0.3) is 0 Å².